The predicted molar refractivity (Wildman–Crippen MR) is 89.5 cm³/mol. The summed E-state index contributed by atoms with van der Waals surface area (Å²) in [6.45, 7) is 2.70. The minimum Gasteiger partial charge on any atom is -0.378 e. The minimum absolute atomic E-state index is 0.119. The number of hydrogen-bond acceptors (Lipinski definition) is 4. The number of amides is 1. The molecule has 2 aromatic rings. The average Bonchev–Trinajstić information content (AvgIpc) is 2.60. The molecule has 1 atom stereocenters. The number of likely N-dealkylation sites (tertiary alicyclic amines) is 1. The molecule has 1 saturated heterocycles. The predicted octanol–water partition coefficient (Wildman–Crippen LogP) is 1.66. The first-order chi connectivity index (χ1) is 11.9. The van der Waals surface area contributed by atoms with Gasteiger partial charge in [0.2, 0.25) is 0 Å². The number of carbonyl (C=O) groups excluding carboxylic acids is 1. The maximum atomic E-state index is 13.0. The highest BCUT2D eigenvalue weighted by Crippen LogP contribution is 2.27. The van der Waals surface area contributed by atoms with Gasteiger partial charge in [-0.25, -0.2) is 9.37 Å². The summed E-state index contributed by atoms with van der Waals surface area (Å²) in [5, 5.41) is 10.2. The van der Waals surface area contributed by atoms with Crippen molar-refractivity contribution in [2.75, 3.05) is 13.1 Å². The Morgan fingerprint density at radius 3 is 2.56 bits per heavy atom. The Kier molecular flexibility index (Phi) is 4.94. The van der Waals surface area contributed by atoms with Crippen LogP contribution in [0.5, 0.6) is 0 Å². The molecule has 0 spiro atoms. The van der Waals surface area contributed by atoms with E-state index in [2.05, 4.69) is 9.97 Å². The largest absolute Gasteiger partial charge is 0.378 e. The van der Waals surface area contributed by atoms with Crippen LogP contribution < -0.4 is 5.56 Å². The van der Waals surface area contributed by atoms with Crippen LogP contribution in [-0.2, 0) is 4.79 Å². The summed E-state index contributed by atoms with van der Waals surface area (Å²) >= 11 is 0. The molecule has 1 aromatic carbocycles. The van der Waals surface area contributed by atoms with E-state index in [1.807, 2.05) is 0 Å². The summed E-state index contributed by atoms with van der Waals surface area (Å²) < 4.78 is 13.0. The van der Waals surface area contributed by atoms with E-state index < -0.39 is 11.9 Å². The van der Waals surface area contributed by atoms with Gasteiger partial charge in [0.15, 0.2) is 6.10 Å². The van der Waals surface area contributed by atoms with Crippen LogP contribution in [0.3, 0.4) is 0 Å². The highest BCUT2D eigenvalue weighted by atomic mass is 19.1. The Morgan fingerprint density at radius 2 is 1.96 bits per heavy atom. The van der Waals surface area contributed by atoms with Gasteiger partial charge >= 0.3 is 0 Å². The normalized spacial score (nSPS) is 16.7. The Bertz CT molecular complexity index is 811. The zero-order chi connectivity index (χ0) is 18.0. The van der Waals surface area contributed by atoms with Crippen molar-refractivity contribution < 1.29 is 14.3 Å². The van der Waals surface area contributed by atoms with Crippen LogP contribution >= 0.6 is 0 Å². The third-order valence-corrected chi connectivity index (χ3v) is 4.52. The van der Waals surface area contributed by atoms with Crippen molar-refractivity contribution in [2.45, 2.75) is 31.8 Å². The number of hydrogen-bond donors (Lipinski definition) is 2. The fourth-order valence-electron chi connectivity index (χ4n) is 3.17. The van der Waals surface area contributed by atoms with Gasteiger partial charge in [-0.3, -0.25) is 9.59 Å². The van der Waals surface area contributed by atoms with Crippen LogP contribution in [0.25, 0.3) is 0 Å². The summed E-state index contributed by atoms with van der Waals surface area (Å²) in [4.78, 5) is 32.6. The summed E-state index contributed by atoms with van der Waals surface area (Å²) in [7, 11) is 0. The molecule has 0 radical (unpaired) electrons. The van der Waals surface area contributed by atoms with Gasteiger partial charge in [-0.05, 0) is 37.5 Å². The lowest BCUT2D eigenvalue weighted by atomic mass is 9.92. The maximum Gasteiger partial charge on any atom is 0.256 e. The molecule has 2 heterocycles. The van der Waals surface area contributed by atoms with E-state index in [0.717, 1.165) is 5.69 Å². The summed E-state index contributed by atoms with van der Waals surface area (Å²) in [6, 6.07) is 6.77. The third kappa shape index (κ3) is 3.93. The summed E-state index contributed by atoms with van der Waals surface area (Å²) in [6.07, 6.45) is 0.0623. The van der Waals surface area contributed by atoms with Crippen molar-refractivity contribution in [3.05, 3.63) is 63.6 Å². The first kappa shape index (κ1) is 17.3. The molecular formula is C18H20FN3O3. The van der Waals surface area contributed by atoms with E-state index in [1.54, 1.807) is 11.8 Å². The van der Waals surface area contributed by atoms with Crippen molar-refractivity contribution in [3.8, 4) is 0 Å². The van der Waals surface area contributed by atoms with E-state index in [4.69, 9.17) is 0 Å². The first-order valence-electron chi connectivity index (χ1n) is 8.24. The first-order valence-corrected chi connectivity index (χ1v) is 8.24. The molecule has 0 aliphatic carbocycles. The molecule has 1 amide bonds. The second kappa shape index (κ2) is 7.14. The van der Waals surface area contributed by atoms with Gasteiger partial charge in [0.1, 0.15) is 11.6 Å². The topological polar surface area (TPSA) is 86.3 Å². The van der Waals surface area contributed by atoms with Crippen LogP contribution in [0.2, 0.25) is 0 Å². The average molecular weight is 345 g/mol. The lowest BCUT2D eigenvalue weighted by Crippen LogP contribution is -2.41. The minimum atomic E-state index is -1.29. The van der Waals surface area contributed by atoms with E-state index >= 15 is 0 Å². The number of aromatic amines is 1. The number of nitrogens with one attached hydrogen (secondary N) is 1. The fourth-order valence-corrected chi connectivity index (χ4v) is 3.17. The number of nitrogens with zero attached hydrogens (tertiary/aromatic N) is 2. The molecule has 1 fully saturated rings. The Morgan fingerprint density at radius 1 is 1.32 bits per heavy atom. The second-order valence-corrected chi connectivity index (χ2v) is 6.31. The number of aromatic nitrogens is 2. The SMILES string of the molecule is Cc1nc(C2CCN(C(=O)[C@@H](O)c3ccc(F)cc3)CC2)cc(=O)[nH]1. The highest BCUT2D eigenvalue weighted by molar-refractivity contribution is 5.82. The molecule has 132 valence electrons. The van der Waals surface area contributed by atoms with Gasteiger partial charge in [0.05, 0.1) is 5.69 Å². The Hall–Kier alpha value is -2.54. The summed E-state index contributed by atoms with van der Waals surface area (Å²) in [5.74, 6) is -0.106. The maximum absolute atomic E-state index is 13.0. The van der Waals surface area contributed by atoms with Crippen LogP contribution in [-0.4, -0.2) is 39.0 Å². The zero-order valence-corrected chi connectivity index (χ0v) is 13.9. The Balaban J connectivity index is 1.64. The highest BCUT2D eigenvalue weighted by Gasteiger charge is 2.29. The molecule has 0 saturated carbocycles. The van der Waals surface area contributed by atoms with Gasteiger partial charge in [-0.1, -0.05) is 12.1 Å². The van der Waals surface area contributed by atoms with Crippen molar-refractivity contribution in [1.82, 2.24) is 14.9 Å². The lowest BCUT2D eigenvalue weighted by Gasteiger charge is -2.33. The summed E-state index contributed by atoms with van der Waals surface area (Å²) in [5.41, 5.74) is 0.945. The number of piperidine rings is 1. The van der Waals surface area contributed by atoms with Crippen molar-refractivity contribution in [2.24, 2.45) is 0 Å². The molecule has 7 heteroatoms. The van der Waals surface area contributed by atoms with Crippen LogP contribution in [0, 0.1) is 12.7 Å². The third-order valence-electron chi connectivity index (χ3n) is 4.52. The Labute approximate surface area is 144 Å². The van der Waals surface area contributed by atoms with Gasteiger partial charge in [-0.2, -0.15) is 0 Å². The standard InChI is InChI=1S/C18H20FN3O3/c1-11-20-15(10-16(23)21-11)12-6-8-22(9-7-12)18(25)17(24)13-2-4-14(19)5-3-13/h2-5,10,12,17,24H,6-9H2,1H3,(H,20,21,23)/t17-/m0/s1. The number of aliphatic hydroxyl groups excluding tert-OH is 1. The molecule has 2 N–H and O–H groups in total. The number of aryl methyl sites for hydroxylation is 1. The molecule has 25 heavy (non-hydrogen) atoms. The van der Waals surface area contributed by atoms with Gasteiger partial charge in [0, 0.05) is 25.1 Å². The molecule has 0 unspecified atom stereocenters. The molecule has 1 aliphatic rings. The van der Waals surface area contributed by atoms with Crippen LogP contribution in [0.15, 0.2) is 35.1 Å². The molecule has 3 rings (SSSR count). The van der Waals surface area contributed by atoms with Gasteiger partial charge in [-0.15, -0.1) is 0 Å². The molecule has 0 bridgehead atoms. The van der Waals surface area contributed by atoms with E-state index in [-0.39, 0.29) is 17.4 Å². The molecule has 6 nitrogen and oxygen atoms in total. The molecule has 1 aromatic heterocycles. The lowest BCUT2D eigenvalue weighted by molar-refractivity contribution is -0.141. The number of H-pyrrole nitrogens is 1. The molecular weight excluding hydrogens is 325 g/mol. The monoisotopic (exact) mass is 345 g/mol. The van der Waals surface area contributed by atoms with Gasteiger partial charge < -0.3 is 15.0 Å². The van der Waals surface area contributed by atoms with E-state index in [1.165, 1.54) is 30.3 Å². The number of rotatable bonds is 3. The number of halogens is 1. The van der Waals surface area contributed by atoms with E-state index in [0.29, 0.717) is 37.3 Å². The van der Waals surface area contributed by atoms with Crippen molar-refractivity contribution in [1.29, 1.82) is 0 Å². The molecule has 1 aliphatic heterocycles. The number of aliphatic hydroxyl groups is 1. The van der Waals surface area contributed by atoms with Crippen LogP contribution in [0.4, 0.5) is 4.39 Å². The number of benzene rings is 1. The smallest absolute Gasteiger partial charge is 0.256 e. The van der Waals surface area contributed by atoms with E-state index in [9.17, 15) is 19.1 Å². The van der Waals surface area contributed by atoms with Gasteiger partial charge in [0.25, 0.3) is 11.5 Å². The second-order valence-electron chi connectivity index (χ2n) is 6.31. The quantitative estimate of drug-likeness (QED) is 0.886. The fraction of sp³-hybridized carbons (Fsp3) is 0.389. The zero-order valence-electron chi connectivity index (χ0n) is 13.9. The van der Waals surface area contributed by atoms with Crippen molar-refractivity contribution in [3.63, 3.8) is 0 Å². The number of carbonyl (C=O) groups is 1. The van der Waals surface area contributed by atoms with Crippen molar-refractivity contribution >= 4 is 5.91 Å². The van der Waals surface area contributed by atoms with Crippen LogP contribution in [0.1, 0.15) is 41.9 Å².